The van der Waals surface area contributed by atoms with Crippen molar-refractivity contribution in [1.29, 1.82) is 0 Å². The molecule has 0 bridgehead atoms. The van der Waals surface area contributed by atoms with Gasteiger partial charge in [0.15, 0.2) is 0 Å². The van der Waals surface area contributed by atoms with Crippen molar-refractivity contribution in [2.24, 2.45) is 0 Å². The molecule has 4 nitrogen and oxygen atoms in total. The molecule has 1 amide bonds. The van der Waals surface area contributed by atoms with Crippen LogP contribution in [0.2, 0.25) is 0 Å². The van der Waals surface area contributed by atoms with E-state index in [0.29, 0.717) is 12.5 Å². The summed E-state index contributed by atoms with van der Waals surface area (Å²) in [6.45, 7) is 6.25. The van der Waals surface area contributed by atoms with Crippen molar-refractivity contribution >= 4 is 17.7 Å². The summed E-state index contributed by atoms with van der Waals surface area (Å²) >= 11 is 1.74. The number of likely N-dealkylation sites (tertiary alicyclic amines) is 1. The zero-order chi connectivity index (χ0) is 16.9. The SMILES string of the molecule is CSc1ccc(CC(=O)N2CCN(C)CC2CN2CCCC2)cc1. The number of nitrogens with zero attached hydrogens (tertiary/aromatic N) is 3. The molecule has 2 aliphatic rings. The predicted octanol–water partition coefficient (Wildman–Crippen LogP) is 2.19. The second-order valence-electron chi connectivity index (χ2n) is 7.04. The van der Waals surface area contributed by atoms with E-state index in [4.69, 9.17) is 0 Å². The molecule has 24 heavy (non-hydrogen) atoms. The molecule has 2 fully saturated rings. The molecule has 1 atom stereocenters. The monoisotopic (exact) mass is 347 g/mol. The molecule has 0 aliphatic carbocycles. The second kappa shape index (κ2) is 8.37. The van der Waals surface area contributed by atoms with Crippen LogP contribution in [0.3, 0.4) is 0 Å². The van der Waals surface area contributed by atoms with Crippen molar-refractivity contribution in [3.8, 4) is 0 Å². The Kier molecular flexibility index (Phi) is 6.19. The molecule has 132 valence electrons. The molecule has 0 spiro atoms. The lowest BCUT2D eigenvalue weighted by molar-refractivity contribution is -0.135. The predicted molar refractivity (Wildman–Crippen MR) is 101 cm³/mol. The highest BCUT2D eigenvalue weighted by molar-refractivity contribution is 7.98. The highest BCUT2D eigenvalue weighted by atomic mass is 32.2. The molecule has 0 aromatic heterocycles. The number of piperazine rings is 1. The minimum absolute atomic E-state index is 0.282. The van der Waals surface area contributed by atoms with E-state index in [9.17, 15) is 4.79 Å². The van der Waals surface area contributed by atoms with Crippen molar-refractivity contribution in [3.63, 3.8) is 0 Å². The summed E-state index contributed by atoms with van der Waals surface area (Å²) in [6, 6.07) is 8.74. The van der Waals surface area contributed by atoms with Crippen molar-refractivity contribution in [1.82, 2.24) is 14.7 Å². The highest BCUT2D eigenvalue weighted by Gasteiger charge is 2.30. The molecule has 5 heteroatoms. The van der Waals surface area contributed by atoms with Gasteiger partial charge >= 0.3 is 0 Å². The number of hydrogen-bond donors (Lipinski definition) is 0. The van der Waals surface area contributed by atoms with Crippen LogP contribution in [0.15, 0.2) is 29.2 Å². The maximum Gasteiger partial charge on any atom is 0.227 e. The van der Waals surface area contributed by atoms with Gasteiger partial charge in [-0.15, -0.1) is 11.8 Å². The standard InChI is InChI=1S/C19H29N3OS/c1-20-11-12-22(17(14-20)15-21-9-3-4-10-21)19(23)13-16-5-7-18(24-2)8-6-16/h5-8,17H,3-4,9-15H2,1-2H3. The largest absolute Gasteiger partial charge is 0.336 e. The average molecular weight is 348 g/mol. The third-order valence-corrected chi connectivity index (χ3v) is 5.93. The number of hydrogen-bond acceptors (Lipinski definition) is 4. The van der Waals surface area contributed by atoms with Gasteiger partial charge in [-0.05, 0) is 56.9 Å². The van der Waals surface area contributed by atoms with Crippen molar-refractivity contribution in [2.45, 2.75) is 30.2 Å². The summed E-state index contributed by atoms with van der Waals surface area (Å²) < 4.78 is 0. The number of carbonyl (C=O) groups excluding carboxylic acids is 1. The molecular formula is C19H29N3OS. The highest BCUT2D eigenvalue weighted by Crippen LogP contribution is 2.18. The van der Waals surface area contributed by atoms with Crippen LogP contribution in [0, 0.1) is 0 Å². The molecule has 1 aromatic rings. The van der Waals surface area contributed by atoms with Crippen LogP contribution in [-0.4, -0.2) is 79.2 Å². The van der Waals surface area contributed by atoms with Gasteiger partial charge in [0.2, 0.25) is 5.91 Å². The molecule has 3 rings (SSSR count). The Labute approximate surface area is 150 Å². The van der Waals surface area contributed by atoms with Crippen LogP contribution in [0.5, 0.6) is 0 Å². The Morgan fingerprint density at radius 2 is 1.83 bits per heavy atom. The van der Waals surface area contributed by atoms with Gasteiger partial charge in [-0.3, -0.25) is 4.79 Å². The molecular weight excluding hydrogens is 318 g/mol. The van der Waals surface area contributed by atoms with Crippen LogP contribution in [0.25, 0.3) is 0 Å². The van der Waals surface area contributed by atoms with E-state index in [1.807, 2.05) is 0 Å². The Bertz CT molecular complexity index is 542. The van der Waals surface area contributed by atoms with E-state index in [2.05, 4.69) is 52.3 Å². The van der Waals surface area contributed by atoms with E-state index < -0.39 is 0 Å². The molecule has 1 aromatic carbocycles. The van der Waals surface area contributed by atoms with E-state index in [1.54, 1.807) is 11.8 Å². The normalized spacial score (nSPS) is 22.9. The smallest absolute Gasteiger partial charge is 0.227 e. The van der Waals surface area contributed by atoms with Crippen LogP contribution < -0.4 is 0 Å². The zero-order valence-corrected chi connectivity index (χ0v) is 15.7. The van der Waals surface area contributed by atoms with Crippen LogP contribution in [0.1, 0.15) is 18.4 Å². The van der Waals surface area contributed by atoms with Gasteiger partial charge < -0.3 is 14.7 Å². The summed E-state index contributed by atoms with van der Waals surface area (Å²) in [5.74, 6) is 0.282. The minimum Gasteiger partial charge on any atom is -0.336 e. The van der Waals surface area contributed by atoms with Crippen molar-refractivity contribution < 1.29 is 4.79 Å². The Balaban J connectivity index is 1.63. The van der Waals surface area contributed by atoms with Gasteiger partial charge in [0.05, 0.1) is 12.5 Å². The zero-order valence-electron chi connectivity index (χ0n) is 14.9. The summed E-state index contributed by atoms with van der Waals surface area (Å²) in [5, 5.41) is 0. The minimum atomic E-state index is 0.282. The van der Waals surface area contributed by atoms with E-state index >= 15 is 0 Å². The fourth-order valence-corrected chi connectivity index (χ4v) is 4.19. The van der Waals surface area contributed by atoms with Crippen LogP contribution >= 0.6 is 11.8 Å². The molecule has 2 heterocycles. The summed E-state index contributed by atoms with van der Waals surface area (Å²) in [5.41, 5.74) is 1.12. The third kappa shape index (κ3) is 4.52. The van der Waals surface area contributed by atoms with Crippen molar-refractivity contribution in [2.75, 3.05) is 52.6 Å². The quantitative estimate of drug-likeness (QED) is 0.763. The third-order valence-electron chi connectivity index (χ3n) is 5.19. The number of thioether (sulfide) groups is 1. The Morgan fingerprint density at radius 3 is 2.50 bits per heavy atom. The summed E-state index contributed by atoms with van der Waals surface area (Å²) in [4.78, 5) is 21.2. The van der Waals surface area contributed by atoms with E-state index in [1.165, 1.54) is 30.8 Å². The van der Waals surface area contributed by atoms with Crippen LogP contribution in [0.4, 0.5) is 0 Å². The number of benzene rings is 1. The van der Waals surface area contributed by atoms with Gasteiger partial charge in [0.1, 0.15) is 0 Å². The summed E-state index contributed by atoms with van der Waals surface area (Å²) in [7, 11) is 2.17. The molecule has 2 aliphatic heterocycles. The molecule has 0 radical (unpaired) electrons. The Hall–Kier alpha value is -1.04. The fourth-order valence-electron chi connectivity index (χ4n) is 3.78. The summed E-state index contributed by atoms with van der Waals surface area (Å²) in [6.07, 6.45) is 5.21. The Morgan fingerprint density at radius 1 is 1.12 bits per heavy atom. The first kappa shape index (κ1) is 17.8. The lowest BCUT2D eigenvalue weighted by atomic mass is 10.1. The number of rotatable bonds is 5. The molecule has 2 saturated heterocycles. The lowest BCUT2D eigenvalue weighted by Crippen LogP contribution is -2.58. The number of carbonyl (C=O) groups is 1. The first-order valence-corrected chi connectivity index (χ1v) is 10.2. The van der Waals surface area contributed by atoms with Crippen molar-refractivity contribution in [3.05, 3.63) is 29.8 Å². The van der Waals surface area contributed by atoms with Crippen LogP contribution in [-0.2, 0) is 11.2 Å². The van der Waals surface area contributed by atoms with Gasteiger partial charge in [0, 0.05) is 31.1 Å². The van der Waals surface area contributed by atoms with Gasteiger partial charge in [0.25, 0.3) is 0 Å². The molecule has 0 N–H and O–H groups in total. The fraction of sp³-hybridized carbons (Fsp3) is 0.632. The van der Waals surface area contributed by atoms with Gasteiger partial charge in [-0.25, -0.2) is 0 Å². The lowest BCUT2D eigenvalue weighted by Gasteiger charge is -2.41. The van der Waals surface area contributed by atoms with E-state index in [-0.39, 0.29) is 5.91 Å². The van der Waals surface area contributed by atoms with Gasteiger partial charge in [-0.2, -0.15) is 0 Å². The number of amides is 1. The first-order valence-electron chi connectivity index (χ1n) is 8.99. The first-order chi connectivity index (χ1) is 11.7. The average Bonchev–Trinajstić information content (AvgIpc) is 3.08. The maximum absolute atomic E-state index is 12.9. The second-order valence-corrected chi connectivity index (χ2v) is 7.92. The maximum atomic E-state index is 12.9. The number of likely N-dealkylation sites (N-methyl/N-ethyl adjacent to an activating group) is 1. The van der Waals surface area contributed by atoms with E-state index in [0.717, 1.165) is 31.7 Å². The molecule has 0 saturated carbocycles. The molecule has 1 unspecified atom stereocenters. The van der Waals surface area contributed by atoms with Gasteiger partial charge in [-0.1, -0.05) is 12.1 Å². The topological polar surface area (TPSA) is 26.8 Å².